The van der Waals surface area contributed by atoms with Gasteiger partial charge in [0.1, 0.15) is 0 Å². The third-order valence-corrected chi connectivity index (χ3v) is 7.70. The number of rotatable bonds is 10. The molecule has 0 aliphatic heterocycles. The number of aryl methyl sites for hydroxylation is 1. The number of nitrogens with zero attached hydrogens (tertiary/aromatic N) is 1. The molecular formula is C30H31NO2S. The van der Waals surface area contributed by atoms with Crippen molar-refractivity contribution in [1.29, 1.82) is 0 Å². The Hall–Kier alpha value is -3.37. The van der Waals surface area contributed by atoms with Gasteiger partial charge in [-0.15, -0.1) is 0 Å². The molecule has 0 spiro atoms. The molecule has 0 aliphatic carbocycles. The van der Waals surface area contributed by atoms with E-state index in [1.165, 1.54) is 16.8 Å². The summed E-state index contributed by atoms with van der Waals surface area (Å²) in [5.41, 5.74) is 4.40. The lowest BCUT2D eigenvalue weighted by Gasteiger charge is -2.14. The fourth-order valence-electron chi connectivity index (χ4n) is 4.18. The van der Waals surface area contributed by atoms with E-state index < -0.39 is 10.0 Å². The first-order valence-electron chi connectivity index (χ1n) is 11.9. The molecule has 174 valence electrons. The molecule has 0 N–H and O–H groups in total. The van der Waals surface area contributed by atoms with Gasteiger partial charge in [0.15, 0.2) is 0 Å². The highest BCUT2D eigenvalue weighted by Crippen LogP contribution is 2.33. The lowest BCUT2D eigenvalue weighted by Crippen LogP contribution is -2.16. The number of aromatic nitrogens is 1. The zero-order valence-corrected chi connectivity index (χ0v) is 20.4. The minimum absolute atomic E-state index is 0.287. The zero-order valence-electron chi connectivity index (χ0n) is 19.6. The fourth-order valence-corrected chi connectivity index (χ4v) is 5.75. The van der Waals surface area contributed by atoms with E-state index in [1.807, 2.05) is 78.9 Å². The van der Waals surface area contributed by atoms with Gasteiger partial charge in [-0.25, -0.2) is 12.4 Å². The molecule has 1 aromatic heterocycles. The Bertz CT molecular complexity index is 1320. The Morgan fingerprint density at radius 3 is 2.00 bits per heavy atom. The molecule has 0 saturated carbocycles. The van der Waals surface area contributed by atoms with E-state index in [2.05, 4.69) is 13.0 Å². The molecule has 0 amide bonds. The highest BCUT2D eigenvalue weighted by molar-refractivity contribution is 7.90. The van der Waals surface area contributed by atoms with Gasteiger partial charge in [-0.1, -0.05) is 111 Å². The van der Waals surface area contributed by atoms with E-state index in [0.717, 1.165) is 41.6 Å². The van der Waals surface area contributed by atoms with Crippen molar-refractivity contribution in [2.24, 2.45) is 0 Å². The first-order chi connectivity index (χ1) is 16.6. The maximum absolute atomic E-state index is 14.0. The van der Waals surface area contributed by atoms with Crippen LogP contribution in [0.25, 0.3) is 23.4 Å². The summed E-state index contributed by atoms with van der Waals surface area (Å²) in [6.07, 6.45) is 9.31. The first kappa shape index (κ1) is 23.8. The highest BCUT2D eigenvalue weighted by atomic mass is 32.2. The largest absolute Gasteiger partial charge is 0.268 e. The Labute approximate surface area is 203 Å². The monoisotopic (exact) mass is 469 g/mol. The van der Waals surface area contributed by atoms with Crippen molar-refractivity contribution in [2.75, 3.05) is 0 Å². The van der Waals surface area contributed by atoms with Gasteiger partial charge in [0.25, 0.3) is 10.0 Å². The van der Waals surface area contributed by atoms with E-state index >= 15 is 0 Å². The van der Waals surface area contributed by atoms with Gasteiger partial charge >= 0.3 is 0 Å². The average molecular weight is 470 g/mol. The summed E-state index contributed by atoms with van der Waals surface area (Å²) >= 11 is 0. The topological polar surface area (TPSA) is 39.1 Å². The third kappa shape index (κ3) is 5.40. The van der Waals surface area contributed by atoms with Gasteiger partial charge in [0.05, 0.1) is 16.3 Å². The van der Waals surface area contributed by atoms with Crippen LogP contribution in [0.2, 0.25) is 0 Å². The van der Waals surface area contributed by atoms with Gasteiger partial charge in [0.2, 0.25) is 0 Å². The minimum Gasteiger partial charge on any atom is -0.234 e. The van der Waals surface area contributed by atoms with Crippen LogP contribution >= 0.6 is 0 Å². The second-order valence-corrected chi connectivity index (χ2v) is 10.2. The average Bonchev–Trinajstić information content (AvgIpc) is 3.26. The molecular weight excluding hydrogens is 438 g/mol. The van der Waals surface area contributed by atoms with Crippen LogP contribution in [0.4, 0.5) is 0 Å². The van der Waals surface area contributed by atoms with Gasteiger partial charge in [-0.3, -0.25) is 0 Å². The van der Waals surface area contributed by atoms with E-state index in [0.29, 0.717) is 5.69 Å². The molecule has 0 unspecified atom stereocenters. The van der Waals surface area contributed by atoms with E-state index in [9.17, 15) is 8.42 Å². The molecule has 0 bridgehead atoms. The summed E-state index contributed by atoms with van der Waals surface area (Å²) in [7, 11) is -3.80. The second kappa shape index (κ2) is 11.2. The lowest BCUT2D eigenvalue weighted by atomic mass is 10.0. The minimum atomic E-state index is -3.80. The normalized spacial score (nSPS) is 11.8. The number of benzene rings is 3. The fraction of sp³-hybridized carbons (Fsp3) is 0.200. The maximum Gasteiger partial charge on any atom is 0.268 e. The highest BCUT2D eigenvalue weighted by Gasteiger charge is 2.25. The summed E-state index contributed by atoms with van der Waals surface area (Å²) in [4.78, 5) is 0.287. The summed E-state index contributed by atoms with van der Waals surface area (Å²) in [5.74, 6) is 0. The summed E-state index contributed by atoms with van der Waals surface area (Å²) < 4.78 is 29.5. The molecule has 4 heteroatoms. The molecule has 34 heavy (non-hydrogen) atoms. The summed E-state index contributed by atoms with van der Waals surface area (Å²) in [6, 6.07) is 30.5. The van der Waals surface area contributed by atoms with Crippen LogP contribution in [0.1, 0.15) is 49.4 Å². The Balaban J connectivity index is 1.91. The van der Waals surface area contributed by atoms with Crippen LogP contribution in [0.15, 0.2) is 102 Å². The molecule has 0 aliphatic rings. The number of unbranched alkanes of at least 4 members (excludes halogenated alkanes) is 3. The Morgan fingerprint density at radius 1 is 0.735 bits per heavy atom. The summed E-state index contributed by atoms with van der Waals surface area (Å²) in [6.45, 7) is 2.20. The van der Waals surface area contributed by atoms with Crippen LogP contribution in [0.5, 0.6) is 0 Å². The van der Waals surface area contributed by atoms with E-state index in [1.54, 1.807) is 24.3 Å². The standard InChI is InChI=1S/C30H31NO2S/c1-2-3-4-10-19-27-24-30(26-17-11-6-12-18-26)31(34(32,33)28-20-13-7-14-21-28)29(27)23-22-25-15-8-5-9-16-25/h5-9,11-18,20-24H,2-4,10,19H2,1H3/b23-22+. The molecule has 0 radical (unpaired) electrons. The SMILES string of the molecule is CCCCCCc1cc(-c2ccccc2)n(S(=O)(=O)c2ccccc2)c1/C=C/c1ccccc1. The zero-order chi connectivity index (χ0) is 23.8. The Morgan fingerprint density at radius 2 is 1.35 bits per heavy atom. The van der Waals surface area contributed by atoms with Crippen LogP contribution in [0.3, 0.4) is 0 Å². The third-order valence-electron chi connectivity index (χ3n) is 5.96. The second-order valence-electron chi connectivity index (χ2n) is 8.44. The van der Waals surface area contributed by atoms with Gasteiger partial charge < -0.3 is 0 Å². The van der Waals surface area contributed by atoms with Gasteiger partial charge in [-0.05, 0) is 53.8 Å². The van der Waals surface area contributed by atoms with Crippen molar-refractivity contribution in [3.63, 3.8) is 0 Å². The van der Waals surface area contributed by atoms with Crippen molar-refractivity contribution in [1.82, 2.24) is 3.97 Å². The van der Waals surface area contributed by atoms with Crippen molar-refractivity contribution >= 4 is 22.2 Å². The van der Waals surface area contributed by atoms with Gasteiger partial charge in [0, 0.05) is 0 Å². The Kier molecular flexibility index (Phi) is 7.81. The van der Waals surface area contributed by atoms with Crippen LogP contribution < -0.4 is 0 Å². The molecule has 0 atom stereocenters. The van der Waals surface area contributed by atoms with Crippen LogP contribution in [0, 0.1) is 0 Å². The van der Waals surface area contributed by atoms with E-state index in [4.69, 9.17) is 0 Å². The molecule has 4 rings (SSSR count). The molecule has 0 saturated heterocycles. The summed E-state index contributed by atoms with van der Waals surface area (Å²) in [5, 5.41) is 0. The molecule has 0 fully saturated rings. The van der Waals surface area contributed by atoms with Crippen molar-refractivity contribution in [2.45, 2.75) is 43.9 Å². The van der Waals surface area contributed by atoms with E-state index in [-0.39, 0.29) is 4.90 Å². The predicted octanol–water partition coefficient (Wildman–Crippen LogP) is 7.69. The molecule has 3 nitrogen and oxygen atoms in total. The molecule has 1 heterocycles. The van der Waals surface area contributed by atoms with Crippen molar-refractivity contribution in [3.8, 4) is 11.3 Å². The van der Waals surface area contributed by atoms with Crippen molar-refractivity contribution < 1.29 is 8.42 Å². The number of hydrogen-bond donors (Lipinski definition) is 0. The maximum atomic E-state index is 14.0. The molecule has 3 aromatic carbocycles. The van der Waals surface area contributed by atoms with Crippen molar-refractivity contribution in [3.05, 3.63) is 114 Å². The quantitative estimate of drug-likeness (QED) is 0.223. The lowest BCUT2D eigenvalue weighted by molar-refractivity contribution is 0.587. The first-order valence-corrected chi connectivity index (χ1v) is 13.4. The molecule has 4 aromatic rings. The number of hydrogen-bond acceptors (Lipinski definition) is 2. The smallest absolute Gasteiger partial charge is 0.234 e. The van der Waals surface area contributed by atoms with Crippen LogP contribution in [-0.2, 0) is 16.4 Å². The van der Waals surface area contributed by atoms with Crippen LogP contribution in [-0.4, -0.2) is 12.4 Å². The predicted molar refractivity (Wildman–Crippen MR) is 142 cm³/mol. The van der Waals surface area contributed by atoms with Gasteiger partial charge in [-0.2, -0.15) is 0 Å².